The molecule has 0 bridgehead atoms. The lowest BCUT2D eigenvalue weighted by molar-refractivity contribution is -0.119. The lowest BCUT2D eigenvalue weighted by Crippen LogP contribution is -2.38. The summed E-state index contributed by atoms with van der Waals surface area (Å²) >= 11 is 0. The molecule has 19 heavy (non-hydrogen) atoms. The predicted octanol–water partition coefficient (Wildman–Crippen LogP) is 1.20. The summed E-state index contributed by atoms with van der Waals surface area (Å²) in [6.07, 6.45) is 3.61. The summed E-state index contributed by atoms with van der Waals surface area (Å²) < 4.78 is 1.73. The molecule has 0 atom stereocenters. The van der Waals surface area contributed by atoms with Gasteiger partial charge in [0.05, 0.1) is 17.1 Å². The Morgan fingerprint density at radius 2 is 2.32 bits per heavy atom. The first-order valence-corrected chi connectivity index (χ1v) is 6.49. The van der Waals surface area contributed by atoms with Crippen LogP contribution in [0.4, 0.5) is 5.69 Å². The highest BCUT2D eigenvalue weighted by Crippen LogP contribution is 2.28. The number of fused-ring (bicyclic) bond motifs is 1. The fraction of sp³-hybridized carbons (Fsp3) is 0.462. The molecule has 2 aromatic heterocycles. The van der Waals surface area contributed by atoms with Gasteiger partial charge in [0.1, 0.15) is 6.54 Å². The van der Waals surface area contributed by atoms with Crippen LogP contribution in [0.1, 0.15) is 23.5 Å². The molecule has 0 aliphatic carbocycles. The molecular weight excluding hydrogens is 242 g/mol. The minimum atomic E-state index is 0.0669. The van der Waals surface area contributed by atoms with E-state index in [0.29, 0.717) is 0 Å². The minimum absolute atomic E-state index is 0.0669. The third-order valence-corrected chi connectivity index (χ3v) is 3.57. The van der Waals surface area contributed by atoms with Crippen LogP contribution in [0.5, 0.6) is 0 Å². The molecule has 6 nitrogen and oxygen atoms in total. The van der Waals surface area contributed by atoms with Gasteiger partial charge in [-0.3, -0.25) is 14.6 Å². The van der Waals surface area contributed by atoms with Crippen LogP contribution in [0.2, 0.25) is 0 Å². The van der Waals surface area contributed by atoms with Gasteiger partial charge in [0.25, 0.3) is 0 Å². The summed E-state index contributed by atoms with van der Waals surface area (Å²) in [5.74, 6) is 0.0669. The van der Waals surface area contributed by atoms with E-state index in [1.54, 1.807) is 10.9 Å². The Labute approximate surface area is 111 Å². The summed E-state index contributed by atoms with van der Waals surface area (Å²) in [5, 5.41) is 11.4. The molecule has 1 amide bonds. The predicted molar refractivity (Wildman–Crippen MR) is 71.0 cm³/mol. The van der Waals surface area contributed by atoms with Crippen molar-refractivity contribution in [2.24, 2.45) is 0 Å². The fourth-order valence-corrected chi connectivity index (χ4v) is 2.55. The standard InChI is InChI=1S/C13H17N5O/c1-9-5-6-14-18(9)8-12(19)17-7-3-4-11-13(17)10(2)15-16-11/h5-6H,3-4,7-8H2,1-2H3,(H,15,16). The summed E-state index contributed by atoms with van der Waals surface area (Å²) in [4.78, 5) is 14.3. The van der Waals surface area contributed by atoms with Crippen LogP contribution >= 0.6 is 0 Å². The van der Waals surface area contributed by atoms with Gasteiger partial charge in [-0.15, -0.1) is 0 Å². The van der Waals surface area contributed by atoms with E-state index in [4.69, 9.17) is 0 Å². The van der Waals surface area contributed by atoms with Gasteiger partial charge >= 0.3 is 0 Å². The van der Waals surface area contributed by atoms with Gasteiger partial charge in [-0.1, -0.05) is 0 Å². The molecule has 0 radical (unpaired) electrons. The number of aromatic nitrogens is 4. The van der Waals surface area contributed by atoms with Crippen molar-refractivity contribution in [2.75, 3.05) is 11.4 Å². The quantitative estimate of drug-likeness (QED) is 0.881. The van der Waals surface area contributed by atoms with Gasteiger partial charge < -0.3 is 4.90 Å². The number of anilines is 1. The lowest BCUT2D eigenvalue weighted by atomic mass is 10.1. The molecule has 3 heterocycles. The van der Waals surface area contributed by atoms with Gasteiger partial charge in [-0.25, -0.2) is 0 Å². The Balaban J connectivity index is 1.85. The third-order valence-electron chi connectivity index (χ3n) is 3.57. The van der Waals surface area contributed by atoms with E-state index in [0.717, 1.165) is 42.2 Å². The number of aryl methyl sites for hydroxylation is 3. The van der Waals surface area contributed by atoms with Crippen molar-refractivity contribution in [3.63, 3.8) is 0 Å². The van der Waals surface area contributed by atoms with Crippen LogP contribution in [-0.2, 0) is 17.8 Å². The first-order chi connectivity index (χ1) is 9.16. The monoisotopic (exact) mass is 259 g/mol. The second kappa shape index (κ2) is 4.53. The normalized spacial score (nSPS) is 14.5. The highest BCUT2D eigenvalue weighted by atomic mass is 16.2. The SMILES string of the molecule is Cc1[nH]nc2c1N(C(=O)Cn1nccc1C)CCC2. The van der Waals surface area contributed by atoms with Crippen molar-refractivity contribution >= 4 is 11.6 Å². The Kier molecular flexibility index (Phi) is 2.85. The number of hydrogen-bond donors (Lipinski definition) is 1. The largest absolute Gasteiger partial charge is 0.307 e. The second-order valence-electron chi connectivity index (χ2n) is 4.92. The molecule has 0 saturated heterocycles. The Hall–Kier alpha value is -2.11. The highest BCUT2D eigenvalue weighted by Gasteiger charge is 2.26. The van der Waals surface area contributed by atoms with Crippen molar-refractivity contribution in [1.82, 2.24) is 20.0 Å². The number of nitrogens with one attached hydrogen (secondary N) is 1. The first kappa shape index (κ1) is 12.0. The summed E-state index contributed by atoms with van der Waals surface area (Å²) in [5.41, 5.74) is 3.91. The molecule has 100 valence electrons. The maximum atomic E-state index is 12.5. The molecule has 1 N–H and O–H groups in total. The Bertz CT molecular complexity index is 612. The van der Waals surface area contributed by atoms with E-state index in [1.165, 1.54) is 0 Å². The third kappa shape index (κ3) is 2.03. The summed E-state index contributed by atoms with van der Waals surface area (Å²) in [6, 6.07) is 1.90. The van der Waals surface area contributed by atoms with Crippen LogP contribution in [0.15, 0.2) is 12.3 Å². The second-order valence-corrected chi connectivity index (χ2v) is 4.92. The zero-order valence-corrected chi connectivity index (χ0v) is 11.2. The van der Waals surface area contributed by atoms with E-state index in [1.807, 2.05) is 24.8 Å². The zero-order valence-electron chi connectivity index (χ0n) is 11.2. The van der Waals surface area contributed by atoms with Gasteiger partial charge in [-0.05, 0) is 32.8 Å². The molecule has 0 saturated carbocycles. The summed E-state index contributed by atoms with van der Waals surface area (Å²) in [6.45, 7) is 4.94. The van der Waals surface area contributed by atoms with Crippen molar-refractivity contribution in [3.8, 4) is 0 Å². The maximum absolute atomic E-state index is 12.5. The number of rotatable bonds is 2. The topological polar surface area (TPSA) is 66.8 Å². The molecule has 0 unspecified atom stereocenters. The smallest absolute Gasteiger partial charge is 0.248 e. The van der Waals surface area contributed by atoms with Crippen LogP contribution in [0.3, 0.4) is 0 Å². The van der Waals surface area contributed by atoms with Gasteiger partial charge in [-0.2, -0.15) is 10.2 Å². The van der Waals surface area contributed by atoms with Gasteiger partial charge in [0.15, 0.2) is 0 Å². The fourth-order valence-electron chi connectivity index (χ4n) is 2.55. The maximum Gasteiger partial charge on any atom is 0.248 e. The number of hydrogen-bond acceptors (Lipinski definition) is 3. The molecular formula is C13H17N5O. The number of H-pyrrole nitrogens is 1. The number of carbonyl (C=O) groups is 1. The Morgan fingerprint density at radius 1 is 1.47 bits per heavy atom. The number of carbonyl (C=O) groups excluding carboxylic acids is 1. The van der Waals surface area contributed by atoms with Gasteiger partial charge in [0.2, 0.25) is 5.91 Å². The molecule has 2 aromatic rings. The Morgan fingerprint density at radius 3 is 3.05 bits per heavy atom. The van der Waals surface area contributed by atoms with E-state index >= 15 is 0 Å². The number of nitrogens with zero attached hydrogens (tertiary/aromatic N) is 4. The molecule has 1 aliphatic heterocycles. The highest BCUT2D eigenvalue weighted by molar-refractivity contribution is 5.94. The lowest BCUT2D eigenvalue weighted by Gasteiger charge is -2.27. The average molecular weight is 259 g/mol. The average Bonchev–Trinajstić information content (AvgIpc) is 2.97. The molecule has 3 rings (SSSR count). The van der Waals surface area contributed by atoms with E-state index in [-0.39, 0.29) is 12.5 Å². The van der Waals surface area contributed by atoms with Crippen molar-refractivity contribution in [1.29, 1.82) is 0 Å². The molecule has 6 heteroatoms. The molecule has 1 aliphatic rings. The molecule has 0 aromatic carbocycles. The van der Waals surface area contributed by atoms with Crippen LogP contribution in [-0.4, -0.2) is 32.4 Å². The number of aromatic amines is 1. The van der Waals surface area contributed by atoms with Crippen LogP contribution in [0, 0.1) is 13.8 Å². The van der Waals surface area contributed by atoms with Gasteiger partial charge in [0, 0.05) is 18.4 Å². The number of amides is 1. The van der Waals surface area contributed by atoms with E-state index in [2.05, 4.69) is 15.3 Å². The van der Waals surface area contributed by atoms with E-state index in [9.17, 15) is 4.79 Å². The van der Waals surface area contributed by atoms with Crippen molar-refractivity contribution in [3.05, 3.63) is 29.3 Å². The van der Waals surface area contributed by atoms with Crippen LogP contribution < -0.4 is 4.90 Å². The van der Waals surface area contributed by atoms with E-state index < -0.39 is 0 Å². The molecule has 0 fully saturated rings. The summed E-state index contributed by atoms with van der Waals surface area (Å²) in [7, 11) is 0. The minimum Gasteiger partial charge on any atom is -0.307 e. The zero-order chi connectivity index (χ0) is 13.4. The first-order valence-electron chi connectivity index (χ1n) is 6.49. The van der Waals surface area contributed by atoms with Crippen LogP contribution in [0.25, 0.3) is 0 Å². The van der Waals surface area contributed by atoms with Crippen molar-refractivity contribution in [2.45, 2.75) is 33.2 Å². The van der Waals surface area contributed by atoms with Crippen molar-refractivity contribution < 1.29 is 4.79 Å². The molecule has 0 spiro atoms.